The molecule has 0 bridgehead atoms. The maximum absolute atomic E-state index is 14.2. The van der Waals surface area contributed by atoms with Crippen molar-refractivity contribution >= 4 is 49.9 Å². The van der Waals surface area contributed by atoms with Crippen LogP contribution in [0.25, 0.3) is 11.0 Å². The van der Waals surface area contributed by atoms with Crippen LogP contribution in [0.15, 0.2) is 77.8 Å². The molecule has 5 heterocycles. The fourth-order valence-electron chi connectivity index (χ4n) is 11.7. The second-order valence-corrected chi connectivity index (χ2v) is 22.2. The number of hydrogen-bond acceptors (Lipinski definition) is 13. The average Bonchev–Trinajstić information content (AvgIpc) is 4.00. The zero-order chi connectivity index (χ0) is 48.4. The monoisotopic (exact) mass is 960 g/mol. The highest BCUT2D eigenvalue weighted by atomic mass is 32.2. The normalized spacial score (nSPS) is 23.8. The molecule has 18 heteroatoms. The molecule has 10 rings (SSSR count). The van der Waals surface area contributed by atoms with E-state index >= 15 is 0 Å². The van der Waals surface area contributed by atoms with E-state index in [1.807, 2.05) is 0 Å². The van der Waals surface area contributed by atoms with E-state index in [1.54, 1.807) is 37.4 Å². The Hall–Kier alpha value is -6.24. The lowest BCUT2D eigenvalue weighted by Crippen LogP contribution is -2.54. The summed E-state index contributed by atoms with van der Waals surface area (Å²) in [7, 11) is -4.75. The van der Waals surface area contributed by atoms with E-state index < -0.39 is 42.9 Å². The number of H-pyrrole nitrogens is 1. The lowest BCUT2D eigenvalue weighted by molar-refractivity contribution is -0.384. The van der Waals surface area contributed by atoms with Crippen LogP contribution >= 0.6 is 0 Å². The molecular weight excluding hydrogens is 901 g/mol. The fraction of sp³-hybridized carbons (Fsp3) is 0.471. The number of sulfonamides is 1. The van der Waals surface area contributed by atoms with Gasteiger partial charge >= 0.3 is 0 Å². The molecule has 1 spiro atoms. The van der Waals surface area contributed by atoms with Crippen molar-refractivity contribution < 1.29 is 37.5 Å². The van der Waals surface area contributed by atoms with Crippen molar-refractivity contribution in [3.05, 3.63) is 105 Å². The van der Waals surface area contributed by atoms with Crippen molar-refractivity contribution in [1.82, 2.24) is 19.6 Å². The lowest BCUT2D eigenvalue weighted by atomic mass is 9.59. The Morgan fingerprint density at radius 1 is 1.00 bits per heavy atom. The van der Waals surface area contributed by atoms with Gasteiger partial charge in [0.15, 0.2) is 22.9 Å². The molecule has 0 unspecified atom stereocenters. The van der Waals surface area contributed by atoms with Crippen LogP contribution in [-0.4, -0.2) is 89.1 Å². The Morgan fingerprint density at radius 3 is 2.48 bits per heavy atom. The number of carbonyl (C=O) groups is 2. The molecule has 6 N–H and O–H groups in total. The number of anilines is 2. The molecule has 2 aromatic heterocycles. The number of nitro groups is 1. The summed E-state index contributed by atoms with van der Waals surface area (Å²) in [5, 5.41) is 26.7. The summed E-state index contributed by atoms with van der Waals surface area (Å²) < 4.78 is 42.5. The molecule has 4 fully saturated rings. The first kappa shape index (κ1) is 46.5. The van der Waals surface area contributed by atoms with Gasteiger partial charge in [-0.3, -0.25) is 24.6 Å². The number of carbonyl (C=O) groups excluding carboxylic acids is 2. The smallest absolute Gasteiger partial charge is 0.297 e. The third-order valence-electron chi connectivity index (χ3n) is 15.6. The van der Waals surface area contributed by atoms with Crippen LogP contribution < -0.4 is 30.1 Å². The SMILES string of the molecule is CC(C)c1ccccc1[C@H]1CCCN1C1CC2(CCN(c3ccc(C(=O)NS(=O)(=O)c4cc5c(c([N+](=O)[O-])c4)N[C@@H](C4CCC(C)(O)CC4)CO5)c(Oc4cc5cc[nH]c5nc4C(N)=O)c3)CC2)C1. The predicted molar refractivity (Wildman–Crippen MR) is 260 cm³/mol. The van der Waals surface area contributed by atoms with Crippen LogP contribution in [0.3, 0.4) is 0 Å². The second-order valence-electron chi connectivity index (χ2n) is 20.5. The highest BCUT2D eigenvalue weighted by Gasteiger charge is 2.50. The number of primary amides is 1. The number of fused-ring (bicyclic) bond motifs is 2. The zero-order valence-corrected chi connectivity index (χ0v) is 40.0. The van der Waals surface area contributed by atoms with Gasteiger partial charge in [0.1, 0.15) is 18.0 Å². The quantitative estimate of drug-likeness (QED) is 0.0585. The summed E-state index contributed by atoms with van der Waals surface area (Å²) >= 11 is 0. The van der Waals surface area contributed by atoms with Gasteiger partial charge in [0.25, 0.3) is 27.5 Å². The van der Waals surface area contributed by atoms with Crippen LogP contribution in [0.2, 0.25) is 0 Å². The first-order valence-corrected chi connectivity index (χ1v) is 25.7. The van der Waals surface area contributed by atoms with E-state index in [2.05, 4.69) is 67.9 Å². The molecular formula is C51H60N8O9S. The predicted octanol–water partition coefficient (Wildman–Crippen LogP) is 8.30. The van der Waals surface area contributed by atoms with E-state index in [0.717, 1.165) is 63.1 Å². The lowest BCUT2D eigenvalue weighted by Gasteiger charge is -2.56. The van der Waals surface area contributed by atoms with Gasteiger partial charge in [-0.05, 0) is 130 Å². The number of nitro benzene ring substituents is 1. The standard InChI is InChI=1S/C51H60N8O9S/c1-30(2)36-7-4-5-8-37(36)40-9-6-20-58(40)34-27-51(28-34)17-21-57(22-18-51)33-10-11-38(42(24-33)68-44-23-32-14-19-53-48(32)55-46(44)47(52)60)49(61)56-69(65,66)35-25-41(59(63)64)45-43(26-35)67-29-39(54-45)31-12-15-50(3,62)16-13-31/h4-5,7-8,10-11,14,19,23-26,30-31,34,39-40,54,62H,6,9,12-13,15-18,20-22,27-29H2,1-3H3,(H2,52,60)(H,53,55)(H,56,61)/t31?,39-,40-,50?/m1/s1. The van der Waals surface area contributed by atoms with Crippen LogP contribution in [0, 0.1) is 21.4 Å². The Morgan fingerprint density at radius 2 is 1.75 bits per heavy atom. The molecule has 2 aliphatic carbocycles. The number of aromatic nitrogens is 2. The molecule has 5 aliphatic rings. The summed E-state index contributed by atoms with van der Waals surface area (Å²) in [6, 6.07) is 19.8. The Labute approximate surface area is 401 Å². The maximum Gasteiger partial charge on any atom is 0.297 e. The van der Waals surface area contributed by atoms with E-state index in [0.29, 0.717) is 54.7 Å². The Kier molecular flexibility index (Phi) is 12.1. The zero-order valence-electron chi connectivity index (χ0n) is 39.2. The fourth-order valence-corrected chi connectivity index (χ4v) is 12.7. The first-order chi connectivity index (χ1) is 33.0. The van der Waals surface area contributed by atoms with Crippen molar-refractivity contribution in [1.29, 1.82) is 0 Å². The van der Waals surface area contributed by atoms with E-state index in [9.17, 15) is 33.2 Å². The second kappa shape index (κ2) is 17.9. The molecule has 69 heavy (non-hydrogen) atoms. The van der Waals surface area contributed by atoms with Gasteiger partial charge in [-0.1, -0.05) is 38.1 Å². The summed E-state index contributed by atoms with van der Waals surface area (Å²) in [6.07, 6.45) is 10.8. The minimum atomic E-state index is -4.75. The molecule has 17 nitrogen and oxygen atoms in total. The van der Waals surface area contributed by atoms with Gasteiger partial charge in [0.05, 0.1) is 27.0 Å². The largest absolute Gasteiger partial charge is 0.489 e. The minimum Gasteiger partial charge on any atom is -0.489 e. The topological polar surface area (TPSA) is 235 Å². The number of pyridine rings is 1. The number of ether oxygens (including phenoxy) is 2. The van der Waals surface area contributed by atoms with E-state index in [4.69, 9.17) is 15.2 Å². The summed E-state index contributed by atoms with van der Waals surface area (Å²) in [5.41, 5.74) is 8.42. The Balaban J connectivity index is 0.885. The van der Waals surface area contributed by atoms with Gasteiger partial charge < -0.3 is 35.5 Å². The van der Waals surface area contributed by atoms with Crippen LogP contribution in [0.4, 0.5) is 17.1 Å². The number of piperidine rings is 1. The van der Waals surface area contributed by atoms with E-state index in [1.165, 1.54) is 30.0 Å². The van der Waals surface area contributed by atoms with Gasteiger partial charge in [-0.25, -0.2) is 18.1 Å². The number of aliphatic hydroxyl groups is 1. The molecule has 0 radical (unpaired) electrons. The number of nitrogens with zero attached hydrogens (tertiary/aromatic N) is 4. The third-order valence-corrected chi connectivity index (χ3v) is 17.0. The minimum absolute atomic E-state index is 0.0372. The number of nitrogens with two attached hydrogens (primary N) is 1. The molecule has 3 aromatic carbocycles. The van der Waals surface area contributed by atoms with Gasteiger partial charge in [0, 0.05) is 60.6 Å². The number of likely N-dealkylation sites (tertiary alicyclic amines) is 1. The molecule has 2 saturated carbocycles. The molecule has 2 amide bonds. The number of hydrogen-bond donors (Lipinski definition) is 5. The van der Waals surface area contributed by atoms with Crippen molar-refractivity contribution in [3.8, 4) is 17.2 Å². The van der Waals surface area contributed by atoms with Crippen molar-refractivity contribution in [2.45, 2.75) is 120 Å². The number of rotatable bonds is 12. The van der Waals surface area contributed by atoms with Crippen LogP contribution in [0.1, 0.15) is 129 Å². The maximum atomic E-state index is 14.2. The molecule has 5 aromatic rings. The number of nitrogens with one attached hydrogen (secondary N) is 3. The van der Waals surface area contributed by atoms with Gasteiger partial charge in [0.2, 0.25) is 0 Å². The number of benzene rings is 3. The highest BCUT2D eigenvalue weighted by Crippen LogP contribution is 2.54. The van der Waals surface area contributed by atoms with Crippen molar-refractivity contribution in [2.24, 2.45) is 17.1 Å². The van der Waals surface area contributed by atoms with Crippen molar-refractivity contribution in [2.75, 3.05) is 36.5 Å². The number of amides is 2. The van der Waals surface area contributed by atoms with E-state index in [-0.39, 0.29) is 58.2 Å². The van der Waals surface area contributed by atoms with Crippen LogP contribution in [0.5, 0.6) is 17.2 Å². The third kappa shape index (κ3) is 9.09. The highest BCUT2D eigenvalue weighted by molar-refractivity contribution is 7.90. The van der Waals surface area contributed by atoms with Gasteiger partial charge in [-0.2, -0.15) is 0 Å². The number of aromatic amines is 1. The molecule has 364 valence electrons. The molecule has 2 saturated heterocycles. The summed E-state index contributed by atoms with van der Waals surface area (Å²) in [5.74, 6) is -1.53. The average molecular weight is 961 g/mol. The summed E-state index contributed by atoms with van der Waals surface area (Å²) in [4.78, 5) is 50.4. The molecule has 3 aliphatic heterocycles. The van der Waals surface area contributed by atoms with Crippen molar-refractivity contribution in [3.63, 3.8) is 0 Å². The first-order valence-electron chi connectivity index (χ1n) is 24.2. The van der Waals surface area contributed by atoms with Crippen LogP contribution in [-0.2, 0) is 10.0 Å². The Bertz CT molecular complexity index is 2930. The molecule has 2 atom stereocenters. The summed E-state index contributed by atoms with van der Waals surface area (Å²) in [6.45, 7) is 9.09. The van der Waals surface area contributed by atoms with Gasteiger partial charge in [-0.15, -0.1) is 0 Å².